The Bertz CT molecular complexity index is 512. The molecular weight excluding hydrogens is 238 g/mol. The Hall–Kier alpha value is -1.97. The number of aliphatic imine (C=N–C) groups is 1. The summed E-state index contributed by atoms with van der Waals surface area (Å²) in [5.41, 5.74) is 6.69. The van der Waals surface area contributed by atoms with Gasteiger partial charge in [-0.3, -0.25) is 4.99 Å². The Morgan fingerprint density at radius 3 is 3.00 bits per heavy atom. The molecule has 102 valence electrons. The third-order valence-electron chi connectivity index (χ3n) is 2.95. The first-order chi connectivity index (χ1) is 9.29. The van der Waals surface area contributed by atoms with E-state index in [1.54, 1.807) is 0 Å². The summed E-state index contributed by atoms with van der Waals surface area (Å²) in [6.07, 6.45) is 3.01. The van der Waals surface area contributed by atoms with Gasteiger partial charge in [-0.15, -0.1) is 0 Å². The van der Waals surface area contributed by atoms with Crippen molar-refractivity contribution in [2.24, 2.45) is 10.7 Å². The van der Waals surface area contributed by atoms with Crippen molar-refractivity contribution in [3.05, 3.63) is 36.1 Å². The summed E-state index contributed by atoms with van der Waals surface area (Å²) in [6.45, 7) is 3.67. The highest BCUT2D eigenvalue weighted by Crippen LogP contribution is 2.18. The van der Waals surface area contributed by atoms with E-state index in [1.165, 1.54) is 0 Å². The van der Waals surface area contributed by atoms with Gasteiger partial charge in [-0.2, -0.15) is 0 Å². The molecular formula is C15H21N3O. The number of unbranched alkanes of at least 4 members (excludes halogenated alkanes) is 1. The monoisotopic (exact) mass is 259 g/mol. The molecule has 1 heterocycles. The highest BCUT2D eigenvalue weighted by Gasteiger charge is 2.02. The van der Waals surface area contributed by atoms with Gasteiger partial charge in [0.15, 0.2) is 5.96 Å². The number of fused-ring (bicyclic) bond motifs is 1. The summed E-state index contributed by atoms with van der Waals surface area (Å²) in [5, 5.41) is 4.24. The van der Waals surface area contributed by atoms with Crippen molar-refractivity contribution in [1.82, 2.24) is 5.32 Å². The molecule has 4 nitrogen and oxygen atoms in total. The molecule has 0 fully saturated rings. The molecule has 2 rings (SSSR count). The molecule has 4 heteroatoms. The summed E-state index contributed by atoms with van der Waals surface area (Å²) in [4.78, 5) is 4.24. The largest absolute Gasteiger partial charge is 0.461 e. The van der Waals surface area contributed by atoms with Crippen molar-refractivity contribution < 1.29 is 4.42 Å². The van der Waals surface area contributed by atoms with Gasteiger partial charge in [0.05, 0.1) is 0 Å². The van der Waals surface area contributed by atoms with Crippen LogP contribution in [-0.2, 0) is 6.42 Å². The Balaban J connectivity index is 1.80. The fraction of sp³-hybridized carbons (Fsp3) is 0.400. The van der Waals surface area contributed by atoms with E-state index in [0.717, 1.165) is 49.1 Å². The number of benzene rings is 1. The standard InChI is InChI=1S/C15H21N3O/c1-2-3-9-17-15(16)18-10-8-13-11-12-6-4-5-7-14(12)19-13/h4-7,11H,2-3,8-10H2,1H3,(H3,16,17,18). The van der Waals surface area contributed by atoms with E-state index in [-0.39, 0.29) is 0 Å². The first-order valence-electron chi connectivity index (χ1n) is 6.81. The molecule has 2 aromatic rings. The van der Waals surface area contributed by atoms with E-state index >= 15 is 0 Å². The molecule has 1 aromatic carbocycles. The number of para-hydroxylation sites is 1. The van der Waals surface area contributed by atoms with E-state index in [0.29, 0.717) is 5.96 Å². The van der Waals surface area contributed by atoms with Crippen molar-refractivity contribution in [2.45, 2.75) is 26.2 Å². The van der Waals surface area contributed by atoms with Crippen LogP contribution in [0.25, 0.3) is 11.0 Å². The number of nitrogens with one attached hydrogen (secondary N) is 1. The number of rotatable bonds is 6. The lowest BCUT2D eigenvalue weighted by atomic mass is 10.2. The zero-order valence-corrected chi connectivity index (χ0v) is 11.4. The third-order valence-corrected chi connectivity index (χ3v) is 2.95. The maximum absolute atomic E-state index is 5.76. The fourth-order valence-electron chi connectivity index (χ4n) is 1.89. The van der Waals surface area contributed by atoms with Crippen LogP contribution in [0, 0.1) is 0 Å². The number of hydrogen-bond acceptors (Lipinski definition) is 2. The lowest BCUT2D eigenvalue weighted by Crippen LogP contribution is -2.33. The second kappa shape index (κ2) is 6.83. The molecule has 19 heavy (non-hydrogen) atoms. The van der Waals surface area contributed by atoms with E-state index in [9.17, 15) is 0 Å². The van der Waals surface area contributed by atoms with Crippen LogP contribution in [-0.4, -0.2) is 19.0 Å². The van der Waals surface area contributed by atoms with Crippen LogP contribution in [0.2, 0.25) is 0 Å². The molecule has 0 amide bonds. The number of guanidine groups is 1. The molecule has 0 aliphatic rings. The molecule has 0 saturated carbocycles. The molecule has 0 spiro atoms. The molecule has 0 saturated heterocycles. The Morgan fingerprint density at radius 1 is 1.37 bits per heavy atom. The minimum absolute atomic E-state index is 0.518. The van der Waals surface area contributed by atoms with E-state index < -0.39 is 0 Å². The van der Waals surface area contributed by atoms with Gasteiger partial charge in [0.1, 0.15) is 11.3 Å². The maximum Gasteiger partial charge on any atom is 0.188 e. The topological polar surface area (TPSA) is 63.5 Å². The lowest BCUT2D eigenvalue weighted by molar-refractivity contribution is 0.545. The first kappa shape index (κ1) is 13.5. The maximum atomic E-state index is 5.76. The highest BCUT2D eigenvalue weighted by molar-refractivity contribution is 5.78. The second-order valence-corrected chi connectivity index (χ2v) is 4.55. The number of hydrogen-bond donors (Lipinski definition) is 2. The predicted molar refractivity (Wildman–Crippen MR) is 79.3 cm³/mol. The van der Waals surface area contributed by atoms with Crippen LogP contribution in [0.5, 0.6) is 0 Å². The summed E-state index contributed by atoms with van der Waals surface area (Å²) in [5.74, 6) is 1.49. The molecule has 3 N–H and O–H groups in total. The van der Waals surface area contributed by atoms with Gasteiger partial charge in [-0.25, -0.2) is 0 Å². The normalized spacial score (nSPS) is 11.9. The van der Waals surface area contributed by atoms with Crippen LogP contribution in [0.1, 0.15) is 25.5 Å². The highest BCUT2D eigenvalue weighted by atomic mass is 16.3. The average Bonchev–Trinajstić information content (AvgIpc) is 2.81. The van der Waals surface area contributed by atoms with Gasteiger partial charge in [0, 0.05) is 24.9 Å². The molecule has 0 aliphatic carbocycles. The zero-order chi connectivity index (χ0) is 13.5. The third kappa shape index (κ3) is 4.02. The SMILES string of the molecule is CCCCN=C(N)NCCc1cc2ccccc2o1. The van der Waals surface area contributed by atoms with Gasteiger partial charge in [0.25, 0.3) is 0 Å². The minimum Gasteiger partial charge on any atom is -0.461 e. The first-order valence-corrected chi connectivity index (χ1v) is 6.81. The number of nitrogens with two attached hydrogens (primary N) is 1. The smallest absolute Gasteiger partial charge is 0.188 e. The van der Waals surface area contributed by atoms with Gasteiger partial charge < -0.3 is 15.5 Å². The average molecular weight is 259 g/mol. The van der Waals surface area contributed by atoms with E-state index in [2.05, 4.69) is 29.4 Å². The molecule has 1 aromatic heterocycles. The minimum atomic E-state index is 0.518. The zero-order valence-electron chi connectivity index (χ0n) is 11.4. The van der Waals surface area contributed by atoms with Gasteiger partial charge in [-0.1, -0.05) is 31.5 Å². The second-order valence-electron chi connectivity index (χ2n) is 4.55. The molecule has 0 aliphatic heterocycles. The van der Waals surface area contributed by atoms with Crippen molar-refractivity contribution >= 4 is 16.9 Å². The van der Waals surface area contributed by atoms with E-state index in [4.69, 9.17) is 10.2 Å². The Morgan fingerprint density at radius 2 is 2.21 bits per heavy atom. The Labute approximate surface area is 113 Å². The predicted octanol–water partition coefficient (Wildman–Crippen LogP) is 2.68. The van der Waals surface area contributed by atoms with Gasteiger partial charge in [-0.05, 0) is 18.6 Å². The van der Waals surface area contributed by atoms with Crippen LogP contribution in [0.15, 0.2) is 39.7 Å². The summed E-state index contributed by atoms with van der Waals surface area (Å²) < 4.78 is 5.73. The van der Waals surface area contributed by atoms with Crippen molar-refractivity contribution in [2.75, 3.05) is 13.1 Å². The fourth-order valence-corrected chi connectivity index (χ4v) is 1.89. The molecule has 0 bridgehead atoms. The Kier molecular flexibility index (Phi) is 4.84. The summed E-state index contributed by atoms with van der Waals surface area (Å²) in [7, 11) is 0. The number of nitrogens with zero attached hydrogens (tertiary/aromatic N) is 1. The lowest BCUT2D eigenvalue weighted by Gasteiger charge is -2.03. The van der Waals surface area contributed by atoms with Gasteiger partial charge in [0.2, 0.25) is 0 Å². The van der Waals surface area contributed by atoms with Crippen LogP contribution in [0.4, 0.5) is 0 Å². The molecule has 0 atom stereocenters. The van der Waals surface area contributed by atoms with Crippen LogP contribution in [0.3, 0.4) is 0 Å². The molecule has 0 radical (unpaired) electrons. The van der Waals surface area contributed by atoms with Crippen molar-refractivity contribution in [1.29, 1.82) is 0 Å². The van der Waals surface area contributed by atoms with Crippen LogP contribution >= 0.6 is 0 Å². The number of furan rings is 1. The quantitative estimate of drug-likeness (QED) is 0.476. The van der Waals surface area contributed by atoms with Crippen molar-refractivity contribution in [3.8, 4) is 0 Å². The van der Waals surface area contributed by atoms with Crippen molar-refractivity contribution in [3.63, 3.8) is 0 Å². The van der Waals surface area contributed by atoms with E-state index in [1.807, 2.05) is 18.2 Å². The van der Waals surface area contributed by atoms with Crippen LogP contribution < -0.4 is 11.1 Å². The summed E-state index contributed by atoms with van der Waals surface area (Å²) >= 11 is 0. The molecule has 0 unspecified atom stereocenters. The van der Waals surface area contributed by atoms with Gasteiger partial charge >= 0.3 is 0 Å². The summed E-state index contributed by atoms with van der Waals surface area (Å²) in [6, 6.07) is 10.1.